The molecule has 1 atom stereocenters. The molecule has 0 saturated carbocycles. The molecule has 0 heterocycles. The van der Waals surface area contributed by atoms with Crippen LogP contribution in [0.1, 0.15) is 6.92 Å². The maximum absolute atomic E-state index is 10.8. The minimum atomic E-state index is -3.26. The van der Waals surface area contributed by atoms with Crippen molar-refractivity contribution in [1.82, 2.24) is 0 Å². The van der Waals surface area contributed by atoms with E-state index in [-0.39, 0.29) is 6.61 Å². The van der Waals surface area contributed by atoms with E-state index in [0.29, 0.717) is 0 Å². The lowest BCUT2D eigenvalue weighted by Gasteiger charge is -2.08. The summed E-state index contributed by atoms with van der Waals surface area (Å²) in [5.41, 5.74) is 0. The normalized spacial score (nSPS) is 17.9. The van der Waals surface area contributed by atoms with Crippen molar-refractivity contribution in [3.63, 3.8) is 0 Å². The molecule has 9 heavy (non-hydrogen) atoms. The Labute approximate surface area is 68.7 Å². The molecular weight excluding hydrogens is 205 g/mol. The Morgan fingerprint density at radius 2 is 2.11 bits per heavy atom. The van der Waals surface area contributed by atoms with E-state index in [9.17, 15) is 4.57 Å². The Balaban J connectivity index is 3.87. The van der Waals surface area contributed by atoms with E-state index in [0.717, 1.165) is 0 Å². The van der Waals surface area contributed by atoms with Crippen LogP contribution in [0, 0.1) is 0 Å². The summed E-state index contributed by atoms with van der Waals surface area (Å²) in [7, 11) is 0. The zero-order chi connectivity index (χ0) is 7.49. The van der Waals surface area contributed by atoms with Crippen molar-refractivity contribution in [3.05, 3.63) is 0 Å². The molecule has 0 aromatic carbocycles. The number of alkyl halides is 2. The topological polar surface area (TPSA) is 26.3 Å². The van der Waals surface area contributed by atoms with E-state index >= 15 is 0 Å². The first-order valence-electron chi connectivity index (χ1n) is 2.22. The molecular formula is C3H6Cl3O2P. The van der Waals surface area contributed by atoms with E-state index < -0.39 is 11.3 Å². The molecule has 0 aliphatic rings. The second-order valence-corrected chi connectivity index (χ2v) is 6.15. The highest BCUT2D eigenvalue weighted by Crippen LogP contribution is 2.59. The second kappa shape index (κ2) is 4.05. The van der Waals surface area contributed by atoms with Crippen molar-refractivity contribution >= 4 is 41.2 Å². The molecule has 0 fully saturated rings. The third-order valence-corrected chi connectivity index (χ3v) is 4.63. The van der Waals surface area contributed by atoms with Crippen LogP contribution in [0.5, 0.6) is 0 Å². The van der Waals surface area contributed by atoms with E-state index in [2.05, 4.69) is 4.52 Å². The largest absolute Gasteiger partial charge is 0.322 e. The summed E-state index contributed by atoms with van der Waals surface area (Å²) in [5.74, 6) is 0. The molecule has 0 rings (SSSR count). The van der Waals surface area contributed by atoms with Gasteiger partial charge in [0.2, 0.25) is 0 Å². The standard InChI is InChI=1S/C3H6Cl3O2P/c1-2-8-9(6,7)3(4)5/h3H,2H2,1H3. The fraction of sp³-hybridized carbons (Fsp3) is 1.00. The minimum Gasteiger partial charge on any atom is -0.316 e. The molecule has 0 aromatic rings. The van der Waals surface area contributed by atoms with Gasteiger partial charge in [-0.3, -0.25) is 4.57 Å². The average molecular weight is 211 g/mol. The lowest BCUT2D eigenvalue weighted by atomic mass is 10.9. The van der Waals surface area contributed by atoms with Crippen molar-refractivity contribution < 1.29 is 9.09 Å². The van der Waals surface area contributed by atoms with Gasteiger partial charge in [-0.25, -0.2) is 0 Å². The first-order chi connectivity index (χ1) is 4.00. The second-order valence-electron chi connectivity index (χ2n) is 1.22. The van der Waals surface area contributed by atoms with Crippen LogP contribution >= 0.6 is 41.2 Å². The average Bonchev–Trinajstić information content (AvgIpc) is 1.65. The third kappa shape index (κ3) is 3.69. The molecule has 0 saturated heterocycles. The zero-order valence-corrected chi connectivity index (χ0v) is 7.84. The zero-order valence-electron chi connectivity index (χ0n) is 4.68. The van der Waals surface area contributed by atoms with Gasteiger partial charge in [-0.2, -0.15) is 0 Å². The van der Waals surface area contributed by atoms with Crippen LogP contribution in [0.3, 0.4) is 0 Å². The number of hydrogen-bond donors (Lipinski definition) is 0. The highest BCUT2D eigenvalue weighted by Gasteiger charge is 2.27. The predicted octanol–water partition coefficient (Wildman–Crippen LogP) is 3.22. The smallest absolute Gasteiger partial charge is 0.316 e. The Kier molecular flexibility index (Phi) is 4.52. The molecule has 2 nitrogen and oxygen atoms in total. The van der Waals surface area contributed by atoms with Gasteiger partial charge in [-0.15, -0.1) is 0 Å². The number of hydrogen-bond acceptors (Lipinski definition) is 2. The summed E-state index contributed by atoms with van der Waals surface area (Å²) in [5, 5.41) is 0. The van der Waals surface area contributed by atoms with Crippen molar-refractivity contribution in [2.75, 3.05) is 6.61 Å². The van der Waals surface area contributed by atoms with Gasteiger partial charge in [0.25, 0.3) is 0 Å². The van der Waals surface area contributed by atoms with Crippen molar-refractivity contribution in [2.24, 2.45) is 0 Å². The van der Waals surface area contributed by atoms with E-state index in [1.54, 1.807) is 6.92 Å². The fourth-order valence-corrected chi connectivity index (χ4v) is 1.33. The number of halogens is 3. The summed E-state index contributed by atoms with van der Waals surface area (Å²) in [4.78, 5) is 0. The molecule has 1 unspecified atom stereocenters. The molecule has 0 radical (unpaired) electrons. The van der Waals surface area contributed by atoms with Crippen molar-refractivity contribution in [2.45, 2.75) is 11.5 Å². The van der Waals surface area contributed by atoms with Gasteiger partial charge in [-0.05, 0) is 18.2 Å². The fourth-order valence-electron chi connectivity index (χ4n) is 0.232. The molecule has 6 heteroatoms. The maximum Gasteiger partial charge on any atom is 0.322 e. The van der Waals surface area contributed by atoms with Crippen LogP contribution < -0.4 is 0 Å². The minimum absolute atomic E-state index is 0.247. The van der Waals surface area contributed by atoms with Gasteiger partial charge in [0.15, 0.2) is 4.58 Å². The van der Waals surface area contributed by atoms with Gasteiger partial charge in [0.05, 0.1) is 6.61 Å². The molecule has 0 aliphatic heterocycles. The van der Waals surface area contributed by atoms with Crippen LogP contribution in [0.15, 0.2) is 0 Å². The molecule has 56 valence electrons. The first kappa shape index (κ1) is 10.1. The number of rotatable bonds is 3. The molecule has 0 amide bonds. The van der Waals surface area contributed by atoms with Gasteiger partial charge in [0, 0.05) is 0 Å². The van der Waals surface area contributed by atoms with Gasteiger partial charge in [0.1, 0.15) is 0 Å². The third-order valence-electron chi connectivity index (χ3n) is 0.538. The van der Waals surface area contributed by atoms with Crippen LogP contribution in [0.2, 0.25) is 0 Å². The molecule has 0 N–H and O–H groups in total. The SMILES string of the molecule is CCOP(=O)(Cl)C(Cl)Cl. The summed E-state index contributed by atoms with van der Waals surface area (Å²) in [6, 6.07) is 0. The Morgan fingerprint density at radius 3 is 2.22 bits per heavy atom. The van der Waals surface area contributed by atoms with Crippen LogP contribution in [-0.2, 0) is 9.09 Å². The molecule has 0 aromatic heterocycles. The summed E-state index contributed by atoms with van der Waals surface area (Å²) >= 11 is 15.6. The molecule has 0 bridgehead atoms. The quantitative estimate of drug-likeness (QED) is 0.529. The van der Waals surface area contributed by atoms with Gasteiger partial charge < -0.3 is 4.52 Å². The Bertz CT molecular complexity index is 126. The van der Waals surface area contributed by atoms with Crippen LogP contribution in [0.4, 0.5) is 0 Å². The highest BCUT2D eigenvalue weighted by molar-refractivity contribution is 7.88. The molecule has 0 spiro atoms. The lowest BCUT2D eigenvalue weighted by Crippen LogP contribution is -1.90. The maximum atomic E-state index is 10.8. The predicted molar refractivity (Wildman–Crippen MR) is 40.6 cm³/mol. The summed E-state index contributed by atoms with van der Waals surface area (Å²) < 4.78 is 14.2. The van der Waals surface area contributed by atoms with E-state index in [4.69, 9.17) is 34.4 Å². The van der Waals surface area contributed by atoms with E-state index in [1.165, 1.54) is 0 Å². The Morgan fingerprint density at radius 1 is 1.67 bits per heavy atom. The summed E-state index contributed by atoms with van der Waals surface area (Å²) in [6.07, 6.45) is 0. The van der Waals surface area contributed by atoms with Gasteiger partial charge >= 0.3 is 6.72 Å². The van der Waals surface area contributed by atoms with Crippen LogP contribution in [-0.4, -0.2) is 11.2 Å². The first-order valence-corrected chi connectivity index (χ1v) is 5.70. The monoisotopic (exact) mass is 210 g/mol. The van der Waals surface area contributed by atoms with Crippen LogP contribution in [0.25, 0.3) is 0 Å². The van der Waals surface area contributed by atoms with Gasteiger partial charge in [-0.1, -0.05) is 23.2 Å². The van der Waals surface area contributed by atoms with E-state index in [1.807, 2.05) is 0 Å². The summed E-state index contributed by atoms with van der Waals surface area (Å²) in [6.45, 7) is -1.36. The highest BCUT2D eigenvalue weighted by atomic mass is 35.7. The Hall–Kier alpha value is 1.06. The van der Waals surface area contributed by atoms with Crippen molar-refractivity contribution in [3.8, 4) is 0 Å². The lowest BCUT2D eigenvalue weighted by molar-refractivity contribution is 0.346. The molecule has 0 aliphatic carbocycles. The van der Waals surface area contributed by atoms with Crippen molar-refractivity contribution in [1.29, 1.82) is 0 Å².